The molecule has 2 rings (SSSR count). The van der Waals surface area contributed by atoms with E-state index in [1.54, 1.807) is 0 Å². The van der Waals surface area contributed by atoms with E-state index in [-0.39, 0.29) is 12.0 Å². The SMILES string of the molecule is NCCN1CC(CC(F)(F)F)CC(NCC2CCC2)C1. The van der Waals surface area contributed by atoms with Crippen molar-refractivity contribution in [3.05, 3.63) is 0 Å². The molecule has 0 bridgehead atoms. The van der Waals surface area contributed by atoms with Crippen molar-refractivity contribution in [3.63, 3.8) is 0 Å². The Morgan fingerprint density at radius 3 is 2.45 bits per heavy atom. The second kappa shape index (κ2) is 7.09. The quantitative estimate of drug-likeness (QED) is 0.787. The summed E-state index contributed by atoms with van der Waals surface area (Å²) in [4.78, 5) is 2.08. The summed E-state index contributed by atoms with van der Waals surface area (Å²) in [5, 5.41) is 3.48. The topological polar surface area (TPSA) is 41.3 Å². The van der Waals surface area contributed by atoms with E-state index in [0.717, 1.165) is 19.0 Å². The average molecular weight is 293 g/mol. The molecule has 0 radical (unpaired) electrons. The van der Waals surface area contributed by atoms with Gasteiger partial charge in [0.05, 0.1) is 0 Å². The maximum atomic E-state index is 12.6. The van der Waals surface area contributed by atoms with Gasteiger partial charge in [-0.15, -0.1) is 0 Å². The minimum absolute atomic E-state index is 0.184. The number of rotatable bonds is 6. The van der Waals surface area contributed by atoms with E-state index < -0.39 is 12.6 Å². The van der Waals surface area contributed by atoms with Gasteiger partial charge in [-0.2, -0.15) is 13.2 Å². The lowest BCUT2D eigenvalue weighted by Crippen LogP contribution is -2.52. The van der Waals surface area contributed by atoms with Crippen molar-refractivity contribution < 1.29 is 13.2 Å². The molecule has 0 aromatic rings. The third kappa shape index (κ3) is 5.22. The van der Waals surface area contributed by atoms with Gasteiger partial charge in [-0.05, 0) is 37.6 Å². The second-order valence-corrected chi connectivity index (χ2v) is 6.37. The summed E-state index contributed by atoms with van der Waals surface area (Å²) in [5.74, 6) is 0.440. The van der Waals surface area contributed by atoms with Crippen LogP contribution in [-0.4, -0.2) is 49.8 Å². The average Bonchev–Trinajstić information content (AvgIpc) is 2.24. The maximum Gasteiger partial charge on any atom is 0.389 e. The van der Waals surface area contributed by atoms with Gasteiger partial charge in [-0.1, -0.05) is 6.42 Å². The lowest BCUT2D eigenvalue weighted by atomic mass is 9.84. The van der Waals surface area contributed by atoms with Gasteiger partial charge in [0.1, 0.15) is 0 Å². The number of nitrogens with two attached hydrogens (primary N) is 1. The van der Waals surface area contributed by atoms with Gasteiger partial charge in [0, 0.05) is 38.6 Å². The minimum Gasteiger partial charge on any atom is -0.329 e. The van der Waals surface area contributed by atoms with Crippen LogP contribution in [0.5, 0.6) is 0 Å². The van der Waals surface area contributed by atoms with Crippen molar-refractivity contribution in [3.8, 4) is 0 Å². The van der Waals surface area contributed by atoms with Crippen molar-refractivity contribution in [2.75, 3.05) is 32.7 Å². The molecule has 1 saturated heterocycles. The van der Waals surface area contributed by atoms with Gasteiger partial charge in [-0.3, -0.25) is 0 Å². The fraction of sp³-hybridized carbons (Fsp3) is 1.00. The van der Waals surface area contributed by atoms with Crippen LogP contribution in [0.15, 0.2) is 0 Å². The monoisotopic (exact) mass is 293 g/mol. The van der Waals surface area contributed by atoms with E-state index >= 15 is 0 Å². The fourth-order valence-electron chi connectivity index (χ4n) is 3.32. The summed E-state index contributed by atoms with van der Waals surface area (Å²) in [6.07, 6.45) is -0.276. The van der Waals surface area contributed by atoms with Gasteiger partial charge in [0.25, 0.3) is 0 Å². The molecule has 2 fully saturated rings. The number of likely N-dealkylation sites (tertiary alicyclic amines) is 1. The highest BCUT2D eigenvalue weighted by Gasteiger charge is 2.36. The molecule has 1 saturated carbocycles. The summed E-state index contributed by atoms with van der Waals surface area (Å²) < 4.78 is 37.8. The zero-order valence-corrected chi connectivity index (χ0v) is 12.0. The summed E-state index contributed by atoms with van der Waals surface area (Å²) in [6.45, 7) is 3.51. The second-order valence-electron chi connectivity index (χ2n) is 6.37. The van der Waals surface area contributed by atoms with E-state index in [1.807, 2.05) is 0 Å². The highest BCUT2D eigenvalue weighted by atomic mass is 19.4. The van der Waals surface area contributed by atoms with Gasteiger partial charge < -0.3 is 16.0 Å². The smallest absolute Gasteiger partial charge is 0.329 e. The molecule has 118 valence electrons. The Hall–Kier alpha value is -0.330. The predicted octanol–water partition coefficient (Wildman–Crippen LogP) is 1.98. The highest BCUT2D eigenvalue weighted by Crippen LogP contribution is 2.31. The van der Waals surface area contributed by atoms with E-state index in [9.17, 15) is 13.2 Å². The first-order chi connectivity index (χ1) is 9.46. The molecular weight excluding hydrogens is 267 g/mol. The molecule has 1 heterocycles. The third-order valence-corrected chi connectivity index (χ3v) is 4.50. The zero-order chi connectivity index (χ0) is 14.6. The van der Waals surface area contributed by atoms with E-state index in [0.29, 0.717) is 26.1 Å². The van der Waals surface area contributed by atoms with Crippen molar-refractivity contribution >= 4 is 0 Å². The summed E-state index contributed by atoms with van der Waals surface area (Å²) in [7, 11) is 0. The van der Waals surface area contributed by atoms with E-state index in [4.69, 9.17) is 5.73 Å². The van der Waals surface area contributed by atoms with Crippen LogP contribution in [0.25, 0.3) is 0 Å². The van der Waals surface area contributed by atoms with Crippen LogP contribution in [0.2, 0.25) is 0 Å². The first kappa shape index (κ1) is 16.0. The van der Waals surface area contributed by atoms with Crippen LogP contribution in [0.3, 0.4) is 0 Å². The predicted molar refractivity (Wildman–Crippen MR) is 73.4 cm³/mol. The van der Waals surface area contributed by atoms with E-state index in [2.05, 4.69) is 10.2 Å². The molecule has 0 spiro atoms. The standard InChI is InChI=1S/C14H26F3N3/c15-14(16,17)7-12-6-13(10-20(9-12)5-4-18)19-8-11-2-1-3-11/h11-13,19H,1-10,18H2. The zero-order valence-electron chi connectivity index (χ0n) is 12.0. The lowest BCUT2D eigenvalue weighted by Gasteiger charge is -2.39. The van der Waals surface area contributed by atoms with Crippen LogP contribution in [0.4, 0.5) is 13.2 Å². The molecule has 0 aromatic carbocycles. The van der Waals surface area contributed by atoms with Crippen LogP contribution in [-0.2, 0) is 0 Å². The summed E-state index contributed by atoms with van der Waals surface area (Å²) >= 11 is 0. The number of hydrogen-bond donors (Lipinski definition) is 2. The first-order valence-electron chi connectivity index (χ1n) is 7.69. The van der Waals surface area contributed by atoms with Crippen molar-refractivity contribution in [2.45, 2.75) is 44.3 Å². The first-order valence-corrected chi connectivity index (χ1v) is 7.69. The Morgan fingerprint density at radius 1 is 1.15 bits per heavy atom. The molecule has 0 amide bonds. The number of piperidine rings is 1. The molecule has 20 heavy (non-hydrogen) atoms. The Balaban J connectivity index is 1.82. The Labute approximate surface area is 119 Å². The van der Waals surface area contributed by atoms with Gasteiger partial charge in [0.2, 0.25) is 0 Å². The van der Waals surface area contributed by atoms with Gasteiger partial charge >= 0.3 is 6.18 Å². The molecule has 2 unspecified atom stereocenters. The van der Waals surface area contributed by atoms with E-state index in [1.165, 1.54) is 19.3 Å². The number of nitrogens with one attached hydrogen (secondary N) is 1. The Kier molecular flexibility index (Phi) is 5.69. The van der Waals surface area contributed by atoms with Gasteiger partial charge in [0.15, 0.2) is 0 Å². The normalized spacial score (nSPS) is 29.4. The summed E-state index contributed by atoms with van der Waals surface area (Å²) in [5.41, 5.74) is 5.55. The molecule has 1 aliphatic carbocycles. The number of hydrogen-bond acceptors (Lipinski definition) is 3. The van der Waals surface area contributed by atoms with Gasteiger partial charge in [-0.25, -0.2) is 0 Å². The lowest BCUT2D eigenvalue weighted by molar-refractivity contribution is -0.148. The third-order valence-electron chi connectivity index (χ3n) is 4.50. The molecule has 3 nitrogen and oxygen atoms in total. The Morgan fingerprint density at radius 2 is 1.90 bits per heavy atom. The van der Waals surface area contributed by atoms with Crippen LogP contribution in [0, 0.1) is 11.8 Å². The molecule has 6 heteroatoms. The maximum absolute atomic E-state index is 12.6. The highest BCUT2D eigenvalue weighted by molar-refractivity contribution is 4.86. The fourth-order valence-corrected chi connectivity index (χ4v) is 3.32. The van der Waals surface area contributed by atoms with Crippen LogP contribution < -0.4 is 11.1 Å². The molecule has 1 aliphatic heterocycles. The van der Waals surface area contributed by atoms with Crippen molar-refractivity contribution in [1.29, 1.82) is 0 Å². The van der Waals surface area contributed by atoms with Crippen LogP contribution >= 0.6 is 0 Å². The molecule has 0 aromatic heterocycles. The number of nitrogens with zero attached hydrogens (tertiary/aromatic N) is 1. The molecule has 2 aliphatic rings. The van der Waals surface area contributed by atoms with Crippen LogP contribution in [0.1, 0.15) is 32.1 Å². The molecule has 2 atom stereocenters. The molecule has 3 N–H and O–H groups in total. The minimum atomic E-state index is -4.06. The van der Waals surface area contributed by atoms with Crippen molar-refractivity contribution in [2.24, 2.45) is 17.6 Å². The number of halogens is 3. The largest absolute Gasteiger partial charge is 0.389 e. The Bertz CT molecular complexity index is 292. The van der Waals surface area contributed by atoms with Crippen molar-refractivity contribution in [1.82, 2.24) is 10.2 Å². The number of alkyl halides is 3. The summed E-state index contributed by atoms with van der Waals surface area (Å²) in [6, 6.07) is 0.184. The molecular formula is C14H26F3N3.